The molecule has 0 spiro atoms. The molecule has 0 saturated carbocycles. The smallest absolute Gasteiger partial charge is 0.338 e. The third kappa shape index (κ3) is 10.1. The third-order valence-electron chi connectivity index (χ3n) is 8.34. The number of carboxylic acids is 1. The Kier molecular flexibility index (Phi) is 14.0. The van der Waals surface area contributed by atoms with Crippen molar-refractivity contribution in [3.8, 4) is 5.75 Å². The van der Waals surface area contributed by atoms with E-state index < -0.39 is 29.1 Å². The van der Waals surface area contributed by atoms with Gasteiger partial charge in [0.1, 0.15) is 17.0 Å². The van der Waals surface area contributed by atoms with E-state index in [1.165, 1.54) is 56.4 Å². The highest BCUT2D eigenvalue weighted by atomic mass is 19.1. The van der Waals surface area contributed by atoms with Crippen LogP contribution in [0.4, 0.5) is 4.39 Å². The van der Waals surface area contributed by atoms with Gasteiger partial charge in [0.05, 0.1) is 17.6 Å². The lowest BCUT2D eigenvalue weighted by Crippen LogP contribution is -2.47. The second kappa shape index (κ2) is 17.7. The number of esters is 2. The molecule has 3 unspecified atom stereocenters. The van der Waals surface area contributed by atoms with Gasteiger partial charge < -0.3 is 19.4 Å². The van der Waals surface area contributed by atoms with Gasteiger partial charge >= 0.3 is 11.9 Å². The molecule has 1 aliphatic rings. The molecule has 3 atom stereocenters. The van der Waals surface area contributed by atoms with Gasteiger partial charge in [0.2, 0.25) is 0 Å². The molecule has 7 heteroatoms. The van der Waals surface area contributed by atoms with Crippen LogP contribution in [0, 0.1) is 5.92 Å². The Labute approximate surface area is 267 Å². The van der Waals surface area contributed by atoms with E-state index in [0.717, 1.165) is 25.7 Å². The van der Waals surface area contributed by atoms with Gasteiger partial charge in [-0.25, -0.2) is 9.18 Å². The fourth-order valence-corrected chi connectivity index (χ4v) is 5.60. The van der Waals surface area contributed by atoms with Crippen LogP contribution in [0.1, 0.15) is 126 Å². The van der Waals surface area contributed by atoms with Crippen molar-refractivity contribution in [1.82, 2.24) is 0 Å². The molecule has 0 fully saturated rings. The number of carbonyl (C=O) groups excluding carboxylic acids is 3. The average molecular weight is 620 g/mol. The standard InChI is InChI=1S/C38H49FO6/c1-5-6-7-8-9-10-11-12-17-35(40)45-31-22-20-29(21-23-31)30-24-25-38(37(42)43,34(39)26-30)33-16-14-13-15-32(33)36(41)44-28(4)19-18-27(2)3/h13-16,20-28,30H,5-12,17-19H2,1-4H3,(H,42,43)/p-1. The Morgan fingerprint density at radius 2 is 1.53 bits per heavy atom. The number of carbonyl (C=O) groups is 3. The number of unbranched alkanes of at least 4 members (excludes halogenated alkanes) is 7. The summed E-state index contributed by atoms with van der Waals surface area (Å²) in [6.07, 6.45) is 14.7. The lowest BCUT2D eigenvalue weighted by atomic mass is 9.72. The molecule has 45 heavy (non-hydrogen) atoms. The minimum atomic E-state index is -2.28. The Hall–Kier alpha value is -3.74. The summed E-state index contributed by atoms with van der Waals surface area (Å²) in [5.74, 6) is -3.38. The van der Waals surface area contributed by atoms with Crippen LogP contribution < -0.4 is 9.84 Å². The maximum Gasteiger partial charge on any atom is 0.338 e. The van der Waals surface area contributed by atoms with Crippen LogP contribution in [0.25, 0.3) is 0 Å². The van der Waals surface area contributed by atoms with Gasteiger partial charge in [0.25, 0.3) is 0 Å². The van der Waals surface area contributed by atoms with Crippen molar-refractivity contribution in [2.24, 2.45) is 5.92 Å². The molecule has 0 heterocycles. The summed E-state index contributed by atoms with van der Waals surface area (Å²) in [5.41, 5.74) is -1.67. The van der Waals surface area contributed by atoms with Crippen molar-refractivity contribution in [2.45, 2.75) is 116 Å². The molecule has 0 radical (unpaired) electrons. The number of benzene rings is 2. The molecule has 2 aromatic carbocycles. The average Bonchev–Trinajstić information content (AvgIpc) is 3.01. The van der Waals surface area contributed by atoms with E-state index in [1.807, 2.05) is 0 Å². The molecule has 0 aliphatic heterocycles. The lowest BCUT2D eigenvalue weighted by molar-refractivity contribution is -0.310. The molecule has 0 aromatic heterocycles. The number of rotatable bonds is 18. The second-order valence-electron chi connectivity index (χ2n) is 12.5. The highest BCUT2D eigenvalue weighted by Gasteiger charge is 2.42. The zero-order valence-electron chi connectivity index (χ0n) is 27.2. The minimum absolute atomic E-state index is 0.0251. The number of halogens is 1. The monoisotopic (exact) mass is 619 g/mol. The first kappa shape index (κ1) is 35.7. The molecule has 244 valence electrons. The summed E-state index contributed by atoms with van der Waals surface area (Å²) in [6, 6.07) is 12.7. The van der Waals surface area contributed by atoms with Gasteiger partial charge in [-0.15, -0.1) is 0 Å². The number of ether oxygens (including phenoxy) is 2. The number of hydrogen-bond donors (Lipinski definition) is 0. The van der Waals surface area contributed by atoms with Gasteiger partial charge in [-0.3, -0.25) is 4.79 Å². The van der Waals surface area contributed by atoms with Crippen molar-refractivity contribution in [2.75, 3.05) is 0 Å². The van der Waals surface area contributed by atoms with E-state index in [-0.39, 0.29) is 23.2 Å². The first-order valence-electron chi connectivity index (χ1n) is 16.5. The van der Waals surface area contributed by atoms with E-state index in [0.29, 0.717) is 30.1 Å². The van der Waals surface area contributed by atoms with Crippen LogP contribution in [0.3, 0.4) is 0 Å². The lowest BCUT2D eigenvalue weighted by Gasteiger charge is -2.35. The SMILES string of the molecule is CCCCCCCCCCC(=O)Oc1ccc(C2C=CC(C(=O)[O-])(c3ccccc3C(=O)OC(C)CCC(C)C)C(F)=C2)cc1. The largest absolute Gasteiger partial charge is 0.548 e. The molecule has 1 aliphatic carbocycles. The maximum absolute atomic E-state index is 16.0. The van der Waals surface area contributed by atoms with Crippen LogP contribution in [0.2, 0.25) is 0 Å². The molecule has 3 rings (SSSR count). The van der Waals surface area contributed by atoms with Crippen molar-refractivity contribution in [1.29, 1.82) is 0 Å². The second-order valence-corrected chi connectivity index (χ2v) is 12.5. The van der Waals surface area contributed by atoms with E-state index in [2.05, 4.69) is 20.8 Å². The maximum atomic E-state index is 16.0. The number of hydrogen-bond acceptors (Lipinski definition) is 6. The zero-order valence-corrected chi connectivity index (χ0v) is 27.2. The highest BCUT2D eigenvalue weighted by molar-refractivity contribution is 5.97. The van der Waals surface area contributed by atoms with Gasteiger partial charge in [0, 0.05) is 12.3 Å². The number of carboxylic acid groups (broad SMARTS) is 1. The summed E-state index contributed by atoms with van der Waals surface area (Å²) in [6.45, 7) is 8.14. The first-order chi connectivity index (χ1) is 21.6. The van der Waals surface area contributed by atoms with Crippen LogP contribution in [0.15, 0.2) is 72.6 Å². The third-order valence-corrected chi connectivity index (χ3v) is 8.34. The quantitative estimate of drug-likeness (QED) is 0.0721. The van der Waals surface area contributed by atoms with E-state index in [9.17, 15) is 19.5 Å². The fourth-order valence-electron chi connectivity index (χ4n) is 5.60. The summed E-state index contributed by atoms with van der Waals surface area (Å²) in [5, 5.41) is 12.6. The van der Waals surface area contributed by atoms with Gasteiger partial charge in [-0.2, -0.15) is 0 Å². The molecule has 2 aromatic rings. The molecule has 6 nitrogen and oxygen atoms in total. The van der Waals surface area contributed by atoms with Gasteiger partial charge in [-0.1, -0.05) is 108 Å². The van der Waals surface area contributed by atoms with Crippen LogP contribution in [0.5, 0.6) is 5.75 Å². The minimum Gasteiger partial charge on any atom is -0.548 e. The topological polar surface area (TPSA) is 92.7 Å². The molecule has 0 bridgehead atoms. The Morgan fingerprint density at radius 3 is 2.16 bits per heavy atom. The van der Waals surface area contributed by atoms with Crippen molar-refractivity contribution in [3.63, 3.8) is 0 Å². The predicted octanol–water partition coefficient (Wildman–Crippen LogP) is 8.30. The molecule has 0 N–H and O–H groups in total. The van der Waals surface area contributed by atoms with Crippen LogP contribution in [-0.2, 0) is 19.7 Å². The summed E-state index contributed by atoms with van der Waals surface area (Å²) >= 11 is 0. The summed E-state index contributed by atoms with van der Waals surface area (Å²) in [4.78, 5) is 38.0. The fraction of sp³-hybridized carbons (Fsp3) is 0.500. The van der Waals surface area contributed by atoms with Crippen molar-refractivity contribution < 1.29 is 33.4 Å². The van der Waals surface area contributed by atoms with E-state index in [4.69, 9.17) is 9.47 Å². The van der Waals surface area contributed by atoms with Crippen LogP contribution >= 0.6 is 0 Å². The Bertz CT molecular complexity index is 1330. The van der Waals surface area contributed by atoms with Gasteiger partial charge in [-0.05, 0) is 67.5 Å². The van der Waals surface area contributed by atoms with Crippen molar-refractivity contribution >= 4 is 17.9 Å². The normalized spacial score (nSPS) is 18.4. The number of aliphatic carboxylic acids is 1. The van der Waals surface area contributed by atoms with Gasteiger partial charge in [0.15, 0.2) is 0 Å². The van der Waals surface area contributed by atoms with Crippen LogP contribution in [-0.4, -0.2) is 24.0 Å². The molecule has 0 amide bonds. The number of allylic oxidation sites excluding steroid dienone is 2. The van der Waals surface area contributed by atoms with Crippen molar-refractivity contribution in [3.05, 3.63) is 89.3 Å². The summed E-state index contributed by atoms with van der Waals surface area (Å²) in [7, 11) is 0. The summed E-state index contributed by atoms with van der Waals surface area (Å²) < 4.78 is 27.0. The van der Waals surface area contributed by atoms with E-state index in [1.54, 1.807) is 49.4 Å². The zero-order chi connectivity index (χ0) is 32.8. The highest BCUT2D eigenvalue weighted by Crippen LogP contribution is 2.42. The molecule has 0 saturated heterocycles. The van der Waals surface area contributed by atoms with E-state index >= 15 is 4.39 Å². The first-order valence-corrected chi connectivity index (χ1v) is 16.5. The predicted molar refractivity (Wildman–Crippen MR) is 172 cm³/mol. The molecular weight excluding hydrogens is 571 g/mol. The Morgan fingerprint density at radius 1 is 0.889 bits per heavy atom. The molecular formula is C38H48FO6-. The Balaban J connectivity index is 1.66.